The SMILES string of the molecule is COc1ccc2c(c1OC)C(=O)O[C@@H]2[C@H]1c2c(cc3c(c2OC)OCO3)CCN1C.O=P(O)(O)OC1C(OP(=O)(O)O)C(OP(=O)(O)O)C(OP(=O)(O)O)C(OP(=O)(O)O)C1OP(=O)(O)O. The van der Waals surface area contributed by atoms with Gasteiger partial charge in [-0.1, -0.05) is 6.07 Å². The minimum Gasteiger partial charge on any atom is -0.493 e. The van der Waals surface area contributed by atoms with Crippen molar-refractivity contribution in [3.05, 3.63) is 40.5 Å². The Bertz CT molecular complexity index is 2210. The fraction of sp³-hybridized carbons (Fsp3) is 0.536. The number of carbonyl (C=O) groups is 1. The molecule has 1 aliphatic carbocycles. The summed E-state index contributed by atoms with van der Waals surface area (Å²) in [6.07, 6.45) is -18.6. The number of phosphoric ester groups is 6. The second-order valence-electron chi connectivity index (χ2n) is 13.8. The minimum atomic E-state index is -6.02. The average Bonchev–Trinajstić information content (AvgIpc) is 3.76. The third-order valence-electron chi connectivity index (χ3n) is 9.56. The first kappa shape index (κ1) is 54.5. The lowest BCUT2D eigenvalue weighted by atomic mass is 9.85. The molecule has 4 aliphatic rings. The van der Waals surface area contributed by atoms with Gasteiger partial charge < -0.3 is 87.1 Å². The first-order chi connectivity index (χ1) is 30.2. The summed E-state index contributed by atoms with van der Waals surface area (Å²) in [5.41, 5.74) is 3.23. The van der Waals surface area contributed by atoms with Gasteiger partial charge in [0.1, 0.15) is 48.3 Å². The molecule has 2 aromatic carbocycles. The van der Waals surface area contributed by atoms with Gasteiger partial charge in [0.05, 0.1) is 27.4 Å². The van der Waals surface area contributed by atoms with E-state index in [-0.39, 0.29) is 12.8 Å². The lowest BCUT2D eigenvalue weighted by Crippen LogP contribution is -2.66. The topological polar surface area (TPSA) is 476 Å². The number of nitrogens with zero attached hydrogens (tertiary/aromatic N) is 1. The van der Waals surface area contributed by atoms with Crippen LogP contribution in [0.3, 0.4) is 0 Å². The van der Waals surface area contributed by atoms with Crippen molar-refractivity contribution in [3.8, 4) is 28.7 Å². The summed E-state index contributed by atoms with van der Waals surface area (Å²) in [4.78, 5) is 125. The van der Waals surface area contributed by atoms with Crippen molar-refractivity contribution in [3.63, 3.8) is 0 Å². The Morgan fingerprint density at radius 3 is 1.36 bits per heavy atom. The van der Waals surface area contributed by atoms with Crippen molar-refractivity contribution in [2.45, 2.75) is 55.2 Å². The molecule has 3 aliphatic heterocycles. The van der Waals surface area contributed by atoms with Gasteiger partial charge in [-0.3, -0.25) is 32.0 Å². The zero-order chi connectivity index (χ0) is 49.7. The van der Waals surface area contributed by atoms with Gasteiger partial charge in [-0.05, 0) is 31.2 Å². The second kappa shape index (κ2) is 20.1. The quantitative estimate of drug-likeness (QED) is 0.0761. The van der Waals surface area contributed by atoms with Crippen molar-refractivity contribution in [1.82, 2.24) is 4.90 Å². The number of ether oxygens (including phenoxy) is 6. The molecule has 0 saturated heterocycles. The molecule has 2 aromatic rings. The van der Waals surface area contributed by atoms with E-state index in [2.05, 4.69) is 32.0 Å². The Balaban J connectivity index is 0.000000250. The first-order valence-corrected chi connectivity index (χ1v) is 26.9. The summed E-state index contributed by atoms with van der Waals surface area (Å²) in [5.74, 6) is 2.36. The average molecular weight is 1070 g/mol. The van der Waals surface area contributed by atoms with Crippen LogP contribution < -0.4 is 23.7 Å². The lowest BCUT2D eigenvalue weighted by molar-refractivity contribution is -0.202. The van der Waals surface area contributed by atoms with Gasteiger partial charge in [-0.2, -0.15) is 0 Å². The highest BCUT2D eigenvalue weighted by Gasteiger charge is 2.63. The van der Waals surface area contributed by atoms with E-state index in [0.717, 1.165) is 29.7 Å². The summed E-state index contributed by atoms with van der Waals surface area (Å²) in [7, 11) is -29.4. The van der Waals surface area contributed by atoms with Crippen LogP contribution in [0.15, 0.2) is 18.2 Å². The maximum absolute atomic E-state index is 12.9. The molecular weight excluding hydrogens is 1030 g/mol. The van der Waals surface area contributed by atoms with E-state index < -0.39 is 95.6 Å². The highest BCUT2D eigenvalue weighted by Crippen LogP contribution is 2.58. The minimum absolute atomic E-state index is 0.160. The number of phosphoric acid groups is 6. The van der Waals surface area contributed by atoms with Crippen LogP contribution in [-0.4, -0.2) is 148 Å². The Labute approximate surface area is 369 Å². The summed E-state index contributed by atoms with van der Waals surface area (Å²) in [6, 6.07) is 5.43. The zero-order valence-corrected chi connectivity index (χ0v) is 39.1. The number of rotatable bonds is 16. The fourth-order valence-corrected chi connectivity index (χ4v) is 10.8. The molecule has 0 amide bonds. The predicted octanol–water partition coefficient (Wildman–Crippen LogP) is -0.251. The van der Waals surface area contributed by atoms with Crippen molar-refractivity contribution in [2.75, 3.05) is 41.7 Å². The van der Waals surface area contributed by atoms with Crippen LogP contribution in [0.1, 0.15) is 39.2 Å². The summed E-state index contributed by atoms with van der Waals surface area (Å²) < 4.78 is 127. The first-order valence-electron chi connectivity index (χ1n) is 17.7. The maximum atomic E-state index is 12.9. The number of fused-ring (bicyclic) bond motifs is 3. The van der Waals surface area contributed by atoms with Gasteiger partial charge in [0.15, 0.2) is 23.0 Å². The summed E-state index contributed by atoms with van der Waals surface area (Å²) in [5, 5.41) is 0. The molecule has 66 heavy (non-hydrogen) atoms. The highest BCUT2D eigenvalue weighted by atomic mass is 31.2. The van der Waals surface area contributed by atoms with Crippen LogP contribution in [0.2, 0.25) is 0 Å². The lowest BCUT2D eigenvalue weighted by Gasteiger charge is -2.48. The number of carbonyl (C=O) groups excluding carboxylic acids is 1. The number of methoxy groups -OCH3 is 3. The molecule has 6 rings (SSSR count). The van der Waals surface area contributed by atoms with Gasteiger partial charge in [0.2, 0.25) is 12.5 Å². The van der Waals surface area contributed by atoms with Crippen LogP contribution >= 0.6 is 46.9 Å². The molecule has 32 nitrogen and oxygen atoms in total. The molecule has 0 aromatic heterocycles. The van der Waals surface area contributed by atoms with Crippen LogP contribution in [0.25, 0.3) is 0 Å². The molecule has 1 saturated carbocycles. The molecule has 12 N–H and O–H groups in total. The summed E-state index contributed by atoms with van der Waals surface area (Å²) in [6.45, 7) is 0.963. The predicted molar refractivity (Wildman–Crippen MR) is 207 cm³/mol. The number of benzene rings is 2. The number of likely N-dealkylation sites (N-methyl/N-ethyl adjacent to an activating group) is 1. The van der Waals surface area contributed by atoms with Crippen molar-refractivity contribution in [2.24, 2.45) is 0 Å². The monoisotopic (exact) mass is 1070 g/mol. The van der Waals surface area contributed by atoms with E-state index in [1.807, 2.05) is 19.2 Å². The number of esters is 1. The van der Waals surface area contributed by atoms with Gasteiger partial charge in [-0.25, -0.2) is 32.2 Å². The van der Waals surface area contributed by atoms with E-state index >= 15 is 0 Å². The van der Waals surface area contributed by atoms with Gasteiger partial charge in [0, 0.05) is 17.7 Å². The van der Waals surface area contributed by atoms with Crippen LogP contribution in [-0.2, 0) is 65.7 Å². The van der Waals surface area contributed by atoms with E-state index in [4.69, 9.17) is 87.1 Å². The van der Waals surface area contributed by atoms with Crippen molar-refractivity contribution in [1.29, 1.82) is 0 Å². The number of hydrogen-bond acceptors (Lipinski definition) is 20. The molecule has 374 valence electrons. The molecule has 0 radical (unpaired) electrons. The maximum Gasteiger partial charge on any atom is 0.470 e. The van der Waals surface area contributed by atoms with Gasteiger partial charge in [0.25, 0.3) is 0 Å². The molecule has 0 spiro atoms. The fourth-order valence-electron chi connectivity index (χ4n) is 7.50. The number of cyclic esters (lactones) is 1. The Morgan fingerprint density at radius 1 is 0.591 bits per heavy atom. The molecular formula is C28H41NO31P6. The smallest absolute Gasteiger partial charge is 0.470 e. The highest BCUT2D eigenvalue weighted by molar-refractivity contribution is 7.47. The normalized spacial score (nSPS) is 25.8. The molecule has 2 atom stereocenters. The Morgan fingerprint density at radius 2 is 1.00 bits per heavy atom. The third-order valence-corrected chi connectivity index (χ3v) is 12.7. The van der Waals surface area contributed by atoms with E-state index in [9.17, 15) is 32.2 Å². The van der Waals surface area contributed by atoms with E-state index in [0.29, 0.717) is 34.3 Å². The van der Waals surface area contributed by atoms with Gasteiger partial charge >= 0.3 is 52.9 Å². The molecule has 1 fully saturated rings. The zero-order valence-electron chi connectivity index (χ0n) is 33.7. The standard InChI is InChI=1S/C22H23NO7.C6H18O24P6/c1-23-8-7-11-9-14-20(29-10-28-14)21(27-4)15(11)17(23)18-12-5-6-13(25-2)19(26-3)16(12)22(24)30-18;7-31(8,9)25-1-2(26-32(10,11)12)4(28-34(16,17)18)6(30-36(22,23)24)5(29-35(19,20)21)3(1)27-33(13,14)15/h5-6,9,17-18H,7-8,10H2,1-4H3;1-6H,(H2,7,8,9)(H2,10,11,12)(H2,13,14,15)(H2,16,17,18)(H2,19,20,21)(H2,22,23,24)/t17-,18+;/m1./s1. The molecule has 38 heteroatoms. The van der Waals surface area contributed by atoms with Crippen LogP contribution in [0, 0.1) is 0 Å². The summed E-state index contributed by atoms with van der Waals surface area (Å²) >= 11 is 0. The Kier molecular flexibility index (Phi) is 16.6. The largest absolute Gasteiger partial charge is 0.493 e. The molecule has 0 bridgehead atoms. The third kappa shape index (κ3) is 13.4. The Hall–Kier alpha value is -2.47. The molecule has 3 heterocycles. The van der Waals surface area contributed by atoms with Gasteiger partial charge in [-0.15, -0.1) is 0 Å². The molecule has 0 unspecified atom stereocenters. The van der Waals surface area contributed by atoms with Crippen LogP contribution in [0.4, 0.5) is 0 Å². The van der Waals surface area contributed by atoms with Crippen LogP contribution in [0.5, 0.6) is 28.7 Å². The number of hydrogen-bond donors (Lipinski definition) is 12. The second-order valence-corrected chi connectivity index (χ2v) is 21.0. The van der Waals surface area contributed by atoms with E-state index in [1.165, 1.54) is 7.11 Å². The van der Waals surface area contributed by atoms with E-state index in [1.54, 1.807) is 20.3 Å². The van der Waals surface area contributed by atoms with Crippen molar-refractivity contribution < 1.29 is 146 Å². The van der Waals surface area contributed by atoms with Crippen molar-refractivity contribution >= 4 is 52.9 Å².